The van der Waals surface area contributed by atoms with Gasteiger partial charge in [-0.25, -0.2) is 0 Å². The van der Waals surface area contributed by atoms with E-state index in [4.69, 9.17) is 4.74 Å². The zero-order valence-electron chi connectivity index (χ0n) is 18.6. The highest BCUT2D eigenvalue weighted by Gasteiger charge is 2.59. The fourth-order valence-corrected chi connectivity index (χ4v) is 8.54. The summed E-state index contributed by atoms with van der Waals surface area (Å²) < 4.78 is 5.79. The summed E-state index contributed by atoms with van der Waals surface area (Å²) >= 11 is 0. The number of methoxy groups -OCH3 is 1. The minimum absolute atomic E-state index is 0.435. The smallest absolute Gasteiger partial charge is 0.0608 e. The van der Waals surface area contributed by atoms with Gasteiger partial charge in [-0.15, -0.1) is 0 Å². The van der Waals surface area contributed by atoms with Gasteiger partial charge in [0.25, 0.3) is 0 Å². The lowest BCUT2D eigenvalue weighted by Gasteiger charge is -2.60. The molecule has 0 bridgehead atoms. The average molecular weight is 384 g/mol. The highest BCUT2D eigenvalue weighted by atomic mass is 16.5. The third-order valence-corrected chi connectivity index (χ3v) is 10.2. The second-order valence-electron chi connectivity index (χ2n) is 11.1. The minimum atomic E-state index is 0.435. The van der Waals surface area contributed by atoms with E-state index >= 15 is 0 Å². The van der Waals surface area contributed by atoms with Crippen LogP contribution in [0.1, 0.15) is 72.1 Å². The summed E-state index contributed by atoms with van der Waals surface area (Å²) in [6.07, 6.45) is 16.6. The molecule has 5 rings (SSSR count). The molecule has 1 N–H and O–H groups in total. The summed E-state index contributed by atoms with van der Waals surface area (Å²) in [6, 6.07) is 0. The summed E-state index contributed by atoms with van der Waals surface area (Å²) in [5.74, 6) is 4.25. The van der Waals surface area contributed by atoms with E-state index in [-0.39, 0.29) is 0 Å². The molecular formula is C26H41NO. The van der Waals surface area contributed by atoms with Gasteiger partial charge < -0.3 is 10.1 Å². The fraction of sp³-hybridized carbons (Fsp3) is 0.846. The highest BCUT2D eigenvalue weighted by Crippen LogP contribution is 2.67. The van der Waals surface area contributed by atoms with Crippen molar-refractivity contribution < 1.29 is 4.74 Å². The Hall–Kier alpha value is -0.600. The Kier molecular flexibility index (Phi) is 4.83. The van der Waals surface area contributed by atoms with E-state index in [2.05, 4.69) is 38.2 Å². The van der Waals surface area contributed by atoms with Gasteiger partial charge in [0.05, 0.1) is 6.10 Å². The molecule has 0 amide bonds. The van der Waals surface area contributed by atoms with Gasteiger partial charge >= 0.3 is 0 Å². The molecule has 3 fully saturated rings. The largest absolute Gasteiger partial charge is 0.381 e. The maximum atomic E-state index is 5.79. The van der Waals surface area contributed by atoms with Crippen LogP contribution in [-0.4, -0.2) is 26.3 Å². The quantitative estimate of drug-likeness (QED) is 0.627. The molecule has 8 atom stereocenters. The van der Waals surface area contributed by atoms with Gasteiger partial charge in [0.1, 0.15) is 0 Å². The molecule has 0 spiro atoms. The van der Waals surface area contributed by atoms with Gasteiger partial charge in [-0.1, -0.05) is 44.1 Å². The van der Waals surface area contributed by atoms with E-state index < -0.39 is 0 Å². The molecule has 28 heavy (non-hydrogen) atoms. The van der Waals surface area contributed by atoms with Gasteiger partial charge in [0, 0.05) is 13.7 Å². The predicted molar refractivity (Wildman–Crippen MR) is 116 cm³/mol. The molecule has 0 aromatic rings. The van der Waals surface area contributed by atoms with E-state index in [1.54, 1.807) is 5.57 Å². The van der Waals surface area contributed by atoms with Crippen LogP contribution >= 0.6 is 0 Å². The molecule has 0 aromatic carbocycles. The van der Waals surface area contributed by atoms with Crippen LogP contribution in [0.5, 0.6) is 0 Å². The predicted octanol–water partition coefficient (Wildman–Crippen LogP) is 5.75. The molecule has 1 heterocycles. The average Bonchev–Trinajstić information content (AvgIpc) is 3.33. The Morgan fingerprint density at radius 1 is 1.11 bits per heavy atom. The topological polar surface area (TPSA) is 21.3 Å². The number of rotatable bonds is 3. The van der Waals surface area contributed by atoms with Crippen molar-refractivity contribution in [3.05, 3.63) is 23.3 Å². The third kappa shape index (κ3) is 2.66. The second-order valence-corrected chi connectivity index (χ2v) is 11.1. The minimum Gasteiger partial charge on any atom is -0.381 e. The molecule has 0 aromatic heterocycles. The first-order valence-corrected chi connectivity index (χ1v) is 12.2. The molecule has 2 saturated carbocycles. The van der Waals surface area contributed by atoms with Gasteiger partial charge in [0.2, 0.25) is 0 Å². The maximum Gasteiger partial charge on any atom is 0.0608 e. The second kappa shape index (κ2) is 6.98. The van der Waals surface area contributed by atoms with Crippen LogP contribution in [0, 0.1) is 40.4 Å². The van der Waals surface area contributed by atoms with E-state index in [0.717, 1.165) is 29.6 Å². The van der Waals surface area contributed by atoms with Crippen molar-refractivity contribution in [2.75, 3.05) is 20.2 Å². The zero-order valence-corrected chi connectivity index (χ0v) is 18.6. The van der Waals surface area contributed by atoms with Gasteiger partial charge in [0.15, 0.2) is 0 Å². The van der Waals surface area contributed by atoms with Crippen molar-refractivity contribution in [1.82, 2.24) is 5.32 Å². The number of allylic oxidation sites excluding steroid dienone is 2. The molecule has 2 nitrogen and oxygen atoms in total. The van der Waals surface area contributed by atoms with Crippen molar-refractivity contribution in [2.45, 2.75) is 78.2 Å². The first-order chi connectivity index (χ1) is 13.5. The lowest BCUT2D eigenvalue weighted by Crippen LogP contribution is -2.53. The van der Waals surface area contributed by atoms with E-state index in [0.29, 0.717) is 16.9 Å². The first-order valence-electron chi connectivity index (χ1n) is 12.2. The molecule has 0 radical (unpaired) electrons. The lowest BCUT2D eigenvalue weighted by molar-refractivity contribution is -0.0572. The van der Waals surface area contributed by atoms with Crippen LogP contribution in [0.15, 0.2) is 23.3 Å². The molecule has 5 aliphatic rings. The van der Waals surface area contributed by atoms with Crippen LogP contribution in [0.3, 0.4) is 0 Å². The Bertz CT molecular complexity index is 674. The summed E-state index contributed by atoms with van der Waals surface area (Å²) in [5, 5.41) is 3.63. The van der Waals surface area contributed by atoms with Crippen molar-refractivity contribution in [2.24, 2.45) is 40.4 Å². The summed E-state index contributed by atoms with van der Waals surface area (Å²) in [7, 11) is 1.91. The van der Waals surface area contributed by atoms with Crippen LogP contribution in [0.4, 0.5) is 0 Å². The van der Waals surface area contributed by atoms with Crippen LogP contribution < -0.4 is 5.32 Å². The molecule has 1 saturated heterocycles. The SMILES string of the molecule is CCC1C=C2CC(OC)CC[C@]2(C)[C@@H]2CC[C@]3(C)C(C4CCNC4)=CC[C@H]3[C@H]12. The van der Waals surface area contributed by atoms with Crippen LogP contribution in [0.2, 0.25) is 0 Å². The number of hydrogen-bond donors (Lipinski definition) is 1. The number of ether oxygens (including phenoxy) is 1. The molecule has 2 heteroatoms. The Morgan fingerprint density at radius 3 is 2.64 bits per heavy atom. The lowest BCUT2D eigenvalue weighted by atomic mass is 9.45. The highest BCUT2D eigenvalue weighted by molar-refractivity contribution is 5.33. The fourth-order valence-electron chi connectivity index (χ4n) is 8.54. The molecule has 156 valence electrons. The number of fused-ring (bicyclic) bond motifs is 5. The van der Waals surface area contributed by atoms with E-state index in [1.807, 2.05) is 12.7 Å². The Balaban J connectivity index is 1.48. The number of hydrogen-bond acceptors (Lipinski definition) is 2. The maximum absolute atomic E-state index is 5.79. The normalized spacial score (nSPS) is 50.4. The van der Waals surface area contributed by atoms with Gasteiger partial charge in [-0.05, 0) is 98.3 Å². The Labute approximate surface area is 172 Å². The monoisotopic (exact) mass is 383 g/mol. The van der Waals surface area contributed by atoms with Crippen molar-refractivity contribution >= 4 is 0 Å². The summed E-state index contributed by atoms with van der Waals surface area (Å²) in [5.41, 5.74) is 4.51. The van der Waals surface area contributed by atoms with Gasteiger partial charge in [-0.2, -0.15) is 0 Å². The van der Waals surface area contributed by atoms with Crippen molar-refractivity contribution in [3.63, 3.8) is 0 Å². The van der Waals surface area contributed by atoms with E-state index in [1.165, 1.54) is 64.5 Å². The molecular weight excluding hydrogens is 342 g/mol. The zero-order chi connectivity index (χ0) is 19.5. The summed E-state index contributed by atoms with van der Waals surface area (Å²) in [6.45, 7) is 10.2. The van der Waals surface area contributed by atoms with Crippen molar-refractivity contribution in [3.8, 4) is 0 Å². The van der Waals surface area contributed by atoms with Gasteiger partial charge in [-0.3, -0.25) is 0 Å². The Morgan fingerprint density at radius 2 is 1.93 bits per heavy atom. The van der Waals surface area contributed by atoms with E-state index in [9.17, 15) is 0 Å². The summed E-state index contributed by atoms with van der Waals surface area (Å²) in [4.78, 5) is 0. The first kappa shape index (κ1) is 19.4. The molecule has 1 aliphatic heterocycles. The molecule has 4 aliphatic carbocycles. The van der Waals surface area contributed by atoms with Crippen LogP contribution in [-0.2, 0) is 4.74 Å². The molecule has 3 unspecified atom stereocenters. The van der Waals surface area contributed by atoms with Crippen LogP contribution in [0.25, 0.3) is 0 Å². The third-order valence-electron chi connectivity index (χ3n) is 10.2. The standard InChI is InChI=1S/C26H41NO/c1-5-17-14-19-15-20(28-4)8-11-25(19,2)23-9-12-26(3)21(18-10-13-27-16-18)6-7-22(26)24(17)23/h6,14,17-18,20,22-24,27H,5,7-13,15-16H2,1-4H3/t17?,18?,20?,22-,23+,24-,25-,26+/m0/s1. The van der Waals surface area contributed by atoms with Crippen molar-refractivity contribution in [1.29, 1.82) is 0 Å². The number of nitrogens with one attached hydrogen (secondary N) is 1.